The van der Waals surface area contributed by atoms with Gasteiger partial charge in [0.2, 0.25) is 0 Å². The number of aliphatic hydroxyl groups is 13. The Hall–Kier alpha value is 0.0900. The van der Waals surface area contributed by atoms with E-state index in [2.05, 4.69) is 9.47 Å². The highest BCUT2D eigenvalue weighted by Gasteiger charge is 2.43. The molecule has 3 unspecified atom stereocenters. The van der Waals surface area contributed by atoms with Crippen LogP contribution in [0.15, 0.2) is 0 Å². The molecule has 17 heteroatoms. The van der Waals surface area contributed by atoms with Crippen molar-refractivity contribution in [3.05, 3.63) is 0 Å². The predicted octanol–water partition coefficient (Wildman–Crippen LogP) is -7.19. The first-order valence-electron chi connectivity index (χ1n) is 10.5. The van der Waals surface area contributed by atoms with Gasteiger partial charge in [0.15, 0.2) is 18.9 Å². The lowest BCUT2D eigenvalue weighted by molar-refractivity contribution is -0.286. The summed E-state index contributed by atoms with van der Waals surface area (Å²) in [5.74, 6) is 0. The van der Waals surface area contributed by atoms with E-state index in [1.165, 1.54) is 6.92 Å². The Labute approximate surface area is 213 Å². The van der Waals surface area contributed by atoms with Crippen LogP contribution >= 0.6 is 22.6 Å². The fraction of sp³-hybridized carbons (Fsp3) is 1.00. The van der Waals surface area contributed by atoms with E-state index in [0.717, 1.165) is 0 Å². The van der Waals surface area contributed by atoms with Crippen molar-refractivity contribution in [2.24, 2.45) is 0 Å². The summed E-state index contributed by atoms with van der Waals surface area (Å²) in [6, 6.07) is 0. The standard InChI is InChI=1S/C6H11IO5.C6H12O6.C6H12O5/c2*7-1-2-3(8)4(9)5(10)6(11)12-2;1-2-3(7)4(8)5(9)6(10)11-2/h2-6,8-11H,1H2;2-11H,1H2;2-10H,1H3/t3*2-,3-,4+,5+,6?/m111/s1. The van der Waals surface area contributed by atoms with E-state index < -0.39 is 98.7 Å². The second-order valence-corrected chi connectivity index (χ2v) is 8.99. The first-order valence-corrected chi connectivity index (χ1v) is 12.0. The zero-order valence-corrected chi connectivity index (χ0v) is 20.6. The lowest BCUT2D eigenvalue weighted by Crippen LogP contribution is -2.58. The summed E-state index contributed by atoms with van der Waals surface area (Å²) in [7, 11) is 0. The monoisotopic (exact) mass is 634 g/mol. The number of hydrogen-bond acceptors (Lipinski definition) is 16. The molecule has 3 rings (SSSR count). The van der Waals surface area contributed by atoms with Crippen LogP contribution in [0.3, 0.4) is 0 Å². The van der Waals surface area contributed by atoms with Gasteiger partial charge < -0.3 is 80.6 Å². The summed E-state index contributed by atoms with van der Waals surface area (Å²) in [4.78, 5) is 0. The first kappa shape index (κ1) is 33.1. The van der Waals surface area contributed by atoms with Crippen molar-refractivity contribution in [2.45, 2.75) is 99.0 Å². The average molecular weight is 634 g/mol. The molecule has 0 aromatic heterocycles. The molecule has 0 spiro atoms. The van der Waals surface area contributed by atoms with E-state index in [0.29, 0.717) is 4.43 Å². The Balaban J connectivity index is 0.000000263. The van der Waals surface area contributed by atoms with Gasteiger partial charge in [0.05, 0.1) is 18.8 Å². The van der Waals surface area contributed by atoms with E-state index in [1.807, 2.05) is 22.6 Å². The SMILES string of the molecule is C[C@H]1OC(O)[C@@H](O)[C@@H](O)[C@@H]1O.OC1O[C@H](CI)[C@@H](O)[C@H](O)[C@@H]1O.OC[C@H]1OC(O)[C@@H](O)[C@@H](O)[C@@H]1O. The van der Waals surface area contributed by atoms with Gasteiger partial charge in [0, 0.05) is 4.43 Å². The summed E-state index contributed by atoms with van der Waals surface area (Å²) in [5.41, 5.74) is 0. The highest BCUT2D eigenvalue weighted by atomic mass is 127. The summed E-state index contributed by atoms with van der Waals surface area (Å²) in [5, 5.41) is 117. The molecular formula is C18H35IO16. The number of alkyl halides is 1. The van der Waals surface area contributed by atoms with E-state index in [9.17, 15) is 10.2 Å². The van der Waals surface area contributed by atoms with Gasteiger partial charge in [-0.15, -0.1) is 0 Å². The third-order valence-electron chi connectivity index (χ3n) is 5.53. The number of aliphatic hydroxyl groups excluding tert-OH is 13. The summed E-state index contributed by atoms with van der Waals surface area (Å²) in [6.07, 6.45) is -19.0. The van der Waals surface area contributed by atoms with Gasteiger partial charge in [-0.3, -0.25) is 0 Å². The minimum absolute atomic E-state index is 0.444. The largest absolute Gasteiger partial charge is 0.394 e. The molecule has 13 N–H and O–H groups in total. The Bertz CT molecular complexity index is 547. The molecule has 3 fully saturated rings. The minimum Gasteiger partial charge on any atom is -0.394 e. The van der Waals surface area contributed by atoms with Crippen LogP contribution in [-0.2, 0) is 14.2 Å². The summed E-state index contributed by atoms with van der Waals surface area (Å²) >= 11 is 1.96. The lowest BCUT2D eigenvalue weighted by Gasteiger charge is -2.37. The third-order valence-corrected chi connectivity index (χ3v) is 6.40. The van der Waals surface area contributed by atoms with Crippen molar-refractivity contribution >= 4 is 22.6 Å². The molecule has 16 nitrogen and oxygen atoms in total. The van der Waals surface area contributed by atoms with Gasteiger partial charge in [-0.2, -0.15) is 0 Å². The van der Waals surface area contributed by atoms with Crippen molar-refractivity contribution in [1.82, 2.24) is 0 Å². The Kier molecular flexibility index (Phi) is 14.1. The maximum absolute atomic E-state index is 9.27. The van der Waals surface area contributed by atoms with Crippen LogP contribution in [0.25, 0.3) is 0 Å². The molecule has 0 bridgehead atoms. The van der Waals surface area contributed by atoms with Gasteiger partial charge in [-0.05, 0) is 6.92 Å². The summed E-state index contributed by atoms with van der Waals surface area (Å²) < 4.78 is 14.5. The lowest BCUT2D eigenvalue weighted by atomic mass is 10.00. The predicted molar refractivity (Wildman–Crippen MR) is 118 cm³/mol. The average Bonchev–Trinajstić information content (AvgIpc) is 2.84. The van der Waals surface area contributed by atoms with Crippen LogP contribution in [0.1, 0.15) is 6.92 Å². The zero-order chi connectivity index (χ0) is 27.2. The molecular weight excluding hydrogens is 599 g/mol. The van der Waals surface area contributed by atoms with Gasteiger partial charge in [-0.25, -0.2) is 0 Å². The Morgan fingerprint density at radius 2 is 0.829 bits per heavy atom. The highest BCUT2D eigenvalue weighted by molar-refractivity contribution is 14.1. The molecule has 3 heterocycles. The van der Waals surface area contributed by atoms with Crippen molar-refractivity contribution < 1.29 is 80.6 Å². The second-order valence-electron chi connectivity index (χ2n) is 8.11. The maximum atomic E-state index is 9.27. The molecule has 0 aliphatic carbocycles. The summed E-state index contributed by atoms with van der Waals surface area (Å²) in [6.45, 7) is 0.977. The van der Waals surface area contributed by atoms with E-state index >= 15 is 0 Å². The van der Waals surface area contributed by atoms with Crippen molar-refractivity contribution in [3.8, 4) is 0 Å². The van der Waals surface area contributed by atoms with Gasteiger partial charge >= 0.3 is 0 Å². The molecule has 35 heavy (non-hydrogen) atoms. The smallest absolute Gasteiger partial charge is 0.184 e. The highest BCUT2D eigenvalue weighted by Crippen LogP contribution is 2.21. The van der Waals surface area contributed by atoms with Crippen molar-refractivity contribution in [2.75, 3.05) is 11.0 Å². The topological polar surface area (TPSA) is 291 Å². The van der Waals surface area contributed by atoms with Crippen LogP contribution < -0.4 is 0 Å². The normalized spacial score (nSPS) is 50.3. The van der Waals surface area contributed by atoms with Crippen LogP contribution in [0.5, 0.6) is 0 Å². The quantitative estimate of drug-likeness (QED) is 0.0992. The molecule has 0 amide bonds. The molecule has 0 radical (unpaired) electrons. The van der Waals surface area contributed by atoms with Gasteiger partial charge in [0.1, 0.15) is 61.0 Å². The second kappa shape index (κ2) is 14.9. The molecule has 3 saturated heterocycles. The number of halogens is 1. The molecule has 0 aromatic rings. The molecule has 0 aromatic carbocycles. The fourth-order valence-corrected chi connectivity index (χ4v) is 3.90. The first-order chi connectivity index (χ1) is 16.2. The molecule has 3 aliphatic rings. The maximum Gasteiger partial charge on any atom is 0.184 e. The van der Waals surface area contributed by atoms with Crippen LogP contribution in [0, 0.1) is 0 Å². The molecule has 0 saturated carbocycles. The van der Waals surface area contributed by atoms with Gasteiger partial charge in [-0.1, -0.05) is 22.6 Å². The van der Waals surface area contributed by atoms with Crippen LogP contribution in [0.4, 0.5) is 0 Å². The zero-order valence-electron chi connectivity index (χ0n) is 18.5. The number of hydrogen-bond donors (Lipinski definition) is 13. The number of rotatable bonds is 2. The van der Waals surface area contributed by atoms with Crippen LogP contribution in [0.2, 0.25) is 0 Å². The van der Waals surface area contributed by atoms with Crippen molar-refractivity contribution in [1.29, 1.82) is 0 Å². The number of ether oxygens (including phenoxy) is 3. The Morgan fingerprint density at radius 1 is 0.486 bits per heavy atom. The van der Waals surface area contributed by atoms with E-state index in [-0.39, 0.29) is 0 Å². The van der Waals surface area contributed by atoms with Crippen molar-refractivity contribution in [3.63, 3.8) is 0 Å². The third kappa shape index (κ3) is 8.55. The molecule has 15 atom stereocenters. The van der Waals surface area contributed by atoms with E-state index in [1.54, 1.807) is 0 Å². The van der Waals surface area contributed by atoms with E-state index in [4.69, 9.17) is 60.9 Å². The Morgan fingerprint density at radius 3 is 1.23 bits per heavy atom. The molecule has 3 aliphatic heterocycles. The van der Waals surface area contributed by atoms with Crippen LogP contribution in [-0.4, -0.2) is 170 Å². The minimum atomic E-state index is -1.57. The fourth-order valence-electron chi connectivity index (χ4n) is 3.17. The molecule has 210 valence electrons. The van der Waals surface area contributed by atoms with Gasteiger partial charge in [0.25, 0.3) is 0 Å².